The highest BCUT2D eigenvalue weighted by Crippen LogP contribution is 2.39. The molecule has 0 aliphatic carbocycles. The highest BCUT2D eigenvalue weighted by molar-refractivity contribution is 6.74. The van der Waals surface area contributed by atoms with Crippen molar-refractivity contribution in [3.05, 3.63) is 77.4 Å². The van der Waals surface area contributed by atoms with Gasteiger partial charge in [-0.15, -0.1) is 0 Å². The van der Waals surface area contributed by atoms with Crippen LogP contribution in [0, 0.1) is 0 Å². The minimum absolute atomic E-state index is 0.187. The zero-order valence-corrected chi connectivity index (χ0v) is 24.1. The maximum atomic E-state index is 6.55. The summed E-state index contributed by atoms with van der Waals surface area (Å²) < 4.78 is 13.1. The molecule has 0 radical (unpaired) electrons. The number of rotatable bonds is 8. The van der Waals surface area contributed by atoms with E-state index in [1.807, 2.05) is 0 Å². The van der Waals surface area contributed by atoms with Crippen LogP contribution >= 0.6 is 0 Å². The average Bonchev–Trinajstić information content (AvgIpc) is 2.69. The van der Waals surface area contributed by atoms with Gasteiger partial charge in [-0.1, -0.05) is 96.7 Å². The Morgan fingerprint density at radius 1 is 0.656 bits per heavy atom. The predicted molar refractivity (Wildman–Crippen MR) is 145 cm³/mol. The third-order valence-electron chi connectivity index (χ3n) is 7.47. The molecule has 0 atom stereocenters. The fourth-order valence-electron chi connectivity index (χ4n) is 2.98. The molecule has 0 N–H and O–H groups in total. The standard InChI is InChI=1S/C28H44O2Si2/c1-22(25-18-14-12-16-23(25)20-29-31(8,9)27(2,3)4)26-19-15-13-17-24(26)21-30-32(10,11)28(5,6)7/h12-19H,1,20-21H2,2-11H3. The first-order valence-electron chi connectivity index (χ1n) is 11.7. The largest absolute Gasteiger partial charge is 0.413 e. The van der Waals surface area contributed by atoms with Crippen LogP contribution in [0.2, 0.25) is 36.3 Å². The Balaban J connectivity index is 2.30. The summed E-state index contributed by atoms with van der Waals surface area (Å²) in [6.07, 6.45) is 0. The molecule has 0 bridgehead atoms. The van der Waals surface area contributed by atoms with Crippen LogP contribution in [0.3, 0.4) is 0 Å². The molecule has 0 amide bonds. The summed E-state index contributed by atoms with van der Waals surface area (Å²) in [4.78, 5) is 0. The normalized spacial score (nSPS) is 13.3. The summed E-state index contributed by atoms with van der Waals surface area (Å²) in [7, 11) is -3.66. The van der Waals surface area contributed by atoms with Gasteiger partial charge in [0.15, 0.2) is 16.6 Å². The highest BCUT2D eigenvalue weighted by Gasteiger charge is 2.38. The van der Waals surface area contributed by atoms with Crippen LogP contribution in [0.5, 0.6) is 0 Å². The Kier molecular flexibility index (Phi) is 8.20. The van der Waals surface area contributed by atoms with Crippen LogP contribution < -0.4 is 0 Å². The molecule has 176 valence electrons. The van der Waals surface area contributed by atoms with E-state index in [1.54, 1.807) is 0 Å². The van der Waals surface area contributed by atoms with Gasteiger partial charge in [-0.2, -0.15) is 0 Å². The van der Waals surface area contributed by atoms with Gasteiger partial charge in [0.2, 0.25) is 0 Å². The molecule has 0 saturated heterocycles. The van der Waals surface area contributed by atoms with Crippen molar-refractivity contribution in [1.82, 2.24) is 0 Å². The Bertz CT molecular complexity index is 855. The molecule has 0 spiro atoms. The highest BCUT2D eigenvalue weighted by atomic mass is 28.4. The summed E-state index contributed by atoms with van der Waals surface area (Å²) >= 11 is 0. The van der Waals surface area contributed by atoms with Gasteiger partial charge >= 0.3 is 0 Å². The van der Waals surface area contributed by atoms with Crippen LogP contribution in [0.4, 0.5) is 0 Å². The monoisotopic (exact) mass is 468 g/mol. The van der Waals surface area contributed by atoms with Crippen molar-refractivity contribution in [3.8, 4) is 0 Å². The molecule has 0 heterocycles. The molecule has 0 aliphatic heterocycles. The molecule has 0 saturated carbocycles. The molecule has 4 heteroatoms. The van der Waals surface area contributed by atoms with E-state index < -0.39 is 16.6 Å². The number of hydrogen-bond acceptors (Lipinski definition) is 2. The first-order chi connectivity index (χ1) is 14.6. The summed E-state index contributed by atoms with van der Waals surface area (Å²) in [5.74, 6) is 0. The van der Waals surface area contributed by atoms with Crippen molar-refractivity contribution < 1.29 is 8.85 Å². The molecule has 2 aromatic rings. The van der Waals surface area contributed by atoms with E-state index in [4.69, 9.17) is 8.85 Å². The van der Waals surface area contributed by atoms with E-state index in [-0.39, 0.29) is 10.1 Å². The van der Waals surface area contributed by atoms with Crippen LogP contribution in [-0.4, -0.2) is 16.6 Å². The second kappa shape index (κ2) is 9.80. The lowest BCUT2D eigenvalue weighted by atomic mass is 9.92. The molecule has 32 heavy (non-hydrogen) atoms. The molecule has 2 nitrogen and oxygen atoms in total. The van der Waals surface area contributed by atoms with Crippen molar-refractivity contribution >= 4 is 22.2 Å². The van der Waals surface area contributed by atoms with E-state index in [0.29, 0.717) is 13.2 Å². The van der Waals surface area contributed by atoms with Gasteiger partial charge in [0.25, 0.3) is 0 Å². The lowest BCUT2D eigenvalue weighted by Crippen LogP contribution is -2.40. The van der Waals surface area contributed by atoms with Crippen LogP contribution in [0.25, 0.3) is 5.57 Å². The van der Waals surface area contributed by atoms with E-state index in [2.05, 4.69) is 123 Å². The first kappa shape index (κ1) is 26.8. The maximum absolute atomic E-state index is 6.55. The Labute approximate surface area is 199 Å². The van der Waals surface area contributed by atoms with Crippen molar-refractivity contribution in [1.29, 1.82) is 0 Å². The Morgan fingerprint density at radius 3 is 1.28 bits per heavy atom. The number of hydrogen-bond donors (Lipinski definition) is 0. The zero-order chi connectivity index (χ0) is 24.4. The molecular formula is C28H44O2Si2. The lowest BCUT2D eigenvalue weighted by molar-refractivity contribution is 0.275. The molecule has 0 aliphatic rings. The Morgan fingerprint density at radius 2 is 0.969 bits per heavy atom. The van der Waals surface area contributed by atoms with E-state index >= 15 is 0 Å². The molecule has 2 rings (SSSR count). The Hall–Kier alpha value is -1.47. The zero-order valence-electron chi connectivity index (χ0n) is 22.1. The van der Waals surface area contributed by atoms with Crippen LogP contribution in [0.1, 0.15) is 63.8 Å². The second-order valence-electron chi connectivity index (χ2n) is 11.9. The van der Waals surface area contributed by atoms with Crippen molar-refractivity contribution in [2.24, 2.45) is 0 Å². The summed E-state index contributed by atoms with van der Waals surface area (Å²) in [6.45, 7) is 28.6. The van der Waals surface area contributed by atoms with E-state index in [0.717, 1.165) is 16.7 Å². The minimum Gasteiger partial charge on any atom is -0.413 e. The molecular weight excluding hydrogens is 424 g/mol. The quantitative estimate of drug-likeness (QED) is 0.360. The molecule has 2 aromatic carbocycles. The lowest BCUT2D eigenvalue weighted by Gasteiger charge is -2.36. The third kappa shape index (κ3) is 6.31. The van der Waals surface area contributed by atoms with Crippen LogP contribution in [0.15, 0.2) is 55.1 Å². The molecule has 0 unspecified atom stereocenters. The van der Waals surface area contributed by atoms with E-state index in [1.165, 1.54) is 11.1 Å². The summed E-state index contributed by atoms with van der Waals surface area (Å²) in [6, 6.07) is 17.0. The van der Waals surface area contributed by atoms with Crippen molar-refractivity contribution in [3.63, 3.8) is 0 Å². The van der Waals surface area contributed by atoms with Gasteiger partial charge in [-0.3, -0.25) is 0 Å². The smallest absolute Gasteiger partial charge is 0.192 e. The molecule has 0 fully saturated rings. The summed E-state index contributed by atoms with van der Waals surface area (Å²) in [5.41, 5.74) is 5.75. The minimum atomic E-state index is -1.83. The first-order valence-corrected chi connectivity index (χ1v) is 17.5. The second-order valence-corrected chi connectivity index (χ2v) is 21.5. The SMILES string of the molecule is C=C(c1ccccc1CO[Si](C)(C)C(C)(C)C)c1ccccc1CO[Si](C)(C)C(C)(C)C. The van der Waals surface area contributed by atoms with Gasteiger partial charge in [-0.25, -0.2) is 0 Å². The van der Waals surface area contributed by atoms with Crippen molar-refractivity contribution in [2.45, 2.75) is 91.0 Å². The predicted octanol–water partition coefficient (Wildman–Crippen LogP) is 8.79. The third-order valence-corrected chi connectivity index (χ3v) is 16.4. The number of benzene rings is 2. The van der Waals surface area contributed by atoms with Gasteiger partial charge in [-0.05, 0) is 64.1 Å². The van der Waals surface area contributed by atoms with Crippen LogP contribution in [-0.2, 0) is 22.1 Å². The van der Waals surface area contributed by atoms with E-state index in [9.17, 15) is 0 Å². The van der Waals surface area contributed by atoms with Gasteiger partial charge in [0.05, 0.1) is 13.2 Å². The van der Waals surface area contributed by atoms with Gasteiger partial charge < -0.3 is 8.85 Å². The van der Waals surface area contributed by atoms with Gasteiger partial charge in [0.1, 0.15) is 0 Å². The fraction of sp³-hybridized carbons (Fsp3) is 0.500. The molecule has 0 aromatic heterocycles. The van der Waals surface area contributed by atoms with Gasteiger partial charge in [0, 0.05) is 0 Å². The summed E-state index contributed by atoms with van der Waals surface area (Å²) in [5, 5.41) is 0.374. The maximum Gasteiger partial charge on any atom is 0.192 e. The average molecular weight is 469 g/mol. The topological polar surface area (TPSA) is 18.5 Å². The fourth-order valence-corrected chi connectivity index (χ4v) is 4.87. The van der Waals surface area contributed by atoms with Crippen molar-refractivity contribution in [2.75, 3.05) is 0 Å².